The van der Waals surface area contributed by atoms with Crippen molar-refractivity contribution in [2.24, 2.45) is 0 Å². The first-order valence-corrected chi connectivity index (χ1v) is 8.72. The van der Waals surface area contributed by atoms with E-state index in [2.05, 4.69) is 20.4 Å². The minimum Gasteiger partial charge on any atom is -0.462 e. The number of nitrogens with one attached hydrogen (secondary N) is 1. The molecule has 1 aromatic carbocycles. The SMILES string of the molecule is CCOC(=O)c1ccc(NC(=O)CCc2c(C)nc3ncnn3c2C)cc1. The Balaban J connectivity index is 1.62. The molecule has 0 unspecified atom stereocenters. The van der Waals surface area contributed by atoms with Crippen molar-refractivity contribution in [1.29, 1.82) is 0 Å². The molecule has 27 heavy (non-hydrogen) atoms. The fourth-order valence-corrected chi connectivity index (χ4v) is 2.88. The van der Waals surface area contributed by atoms with Crippen molar-refractivity contribution in [3.05, 3.63) is 53.1 Å². The number of benzene rings is 1. The molecule has 3 rings (SSSR count). The first kappa shape index (κ1) is 18.5. The predicted molar refractivity (Wildman–Crippen MR) is 99.6 cm³/mol. The number of anilines is 1. The molecule has 0 bridgehead atoms. The van der Waals surface area contributed by atoms with Gasteiger partial charge >= 0.3 is 5.97 Å². The highest BCUT2D eigenvalue weighted by Crippen LogP contribution is 2.16. The van der Waals surface area contributed by atoms with Crippen LogP contribution in [0, 0.1) is 13.8 Å². The van der Waals surface area contributed by atoms with Crippen molar-refractivity contribution in [3.8, 4) is 0 Å². The zero-order valence-corrected chi connectivity index (χ0v) is 15.5. The maximum atomic E-state index is 12.3. The Kier molecular flexibility index (Phi) is 5.44. The van der Waals surface area contributed by atoms with Crippen LogP contribution in [0.3, 0.4) is 0 Å². The lowest BCUT2D eigenvalue weighted by Gasteiger charge is -2.11. The highest BCUT2D eigenvalue weighted by molar-refractivity contribution is 5.93. The lowest BCUT2D eigenvalue weighted by molar-refractivity contribution is -0.116. The monoisotopic (exact) mass is 367 g/mol. The number of nitrogens with zero attached hydrogens (tertiary/aromatic N) is 4. The van der Waals surface area contributed by atoms with Gasteiger partial charge in [-0.15, -0.1) is 0 Å². The molecule has 140 valence electrons. The average molecular weight is 367 g/mol. The van der Waals surface area contributed by atoms with Gasteiger partial charge in [0.1, 0.15) is 6.33 Å². The quantitative estimate of drug-likeness (QED) is 0.672. The van der Waals surface area contributed by atoms with Gasteiger partial charge in [-0.05, 0) is 57.0 Å². The molecular formula is C19H21N5O3. The van der Waals surface area contributed by atoms with E-state index < -0.39 is 0 Å². The van der Waals surface area contributed by atoms with Crippen LogP contribution in [0.4, 0.5) is 5.69 Å². The molecule has 0 aliphatic heterocycles. The summed E-state index contributed by atoms with van der Waals surface area (Å²) in [6, 6.07) is 6.63. The van der Waals surface area contributed by atoms with Crippen LogP contribution in [-0.4, -0.2) is 38.1 Å². The van der Waals surface area contributed by atoms with E-state index in [1.807, 2.05) is 13.8 Å². The van der Waals surface area contributed by atoms with Crippen LogP contribution in [0.25, 0.3) is 5.78 Å². The number of carbonyl (C=O) groups excluding carboxylic acids is 2. The first-order valence-electron chi connectivity index (χ1n) is 8.72. The Hall–Kier alpha value is -3.29. The fraction of sp³-hybridized carbons (Fsp3) is 0.316. The van der Waals surface area contributed by atoms with E-state index in [0.29, 0.717) is 36.5 Å². The Morgan fingerprint density at radius 2 is 1.93 bits per heavy atom. The van der Waals surface area contributed by atoms with Crippen LogP contribution in [0.15, 0.2) is 30.6 Å². The maximum Gasteiger partial charge on any atom is 0.338 e. The molecule has 0 saturated carbocycles. The molecule has 8 heteroatoms. The molecule has 1 N–H and O–H groups in total. The number of aromatic nitrogens is 4. The molecule has 0 fully saturated rings. The van der Waals surface area contributed by atoms with Crippen molar-refractivity contribution in [1.82, 2.24) is 19.6 Å². The number of aryl methyl sites for hydroxylation is 2. The third kappa shape index (κ3) is 4.11. The smallest absolute Gasteiger partial charge is 0.338 e. The van der Waals surface area contributed by atoms with Gasteiger partial charge in [-0.3, -0.25) is 4.79 Å². The number of hydrogen-bond acceptors (Lipinski definition) is 6. The van der Waals surface area contributed by atoms with E-state index in [-0.39, 0.29) is 11.9 Å². The van der Waals surface area contributed by atoms with Gasteiger partial charge in [0, 0.05) is 23.5 Å². The lowest BCUT2D eigenvalue weighted by atomic mass is 10.1. The molecular weight excluding hydrogens is 346 g/mol. The lowest BCUT2D eigenvalue weighted by Crippen LogP contribution is -2.14. The number of ether oxygens (including phenoxy) is 1. The van der Waals surface area contributed by atoms with Gasteiger partial charge in [0.05, 0.1) is 12.2 Å². The van der Waals surface area contributed by atoms with Crippen molar-refractivity contribution in [2.45, 2.75) is 33.6 Å². The Labute approximate surface area is 156 Å². The number of esters is 1. The minimum atomic E-state index is -0.377. The molecule has 2 heterocycles. The van der Waals surface area contributed by atoms with E-state index in [1.54, 1.807) is 35.7 Å². The van der Waals surface area contributed by atoms with Crippen LogP contribution in [0.2, 0.25) is 0 Å². The van der Waals surface area contributed by atoms with Gasteiger partial charge < -0.3 is 10.1 Å². The summed E-state index contributed by atoms with van der Waals surface area (Å²) < 4.78 is 6.61. The summed E-state index contributed by atoms with van der Waals surface area (Å²) in [5.74, 6) is 0.0635. The fourth-order valence-electron chi connectivity index (χ4n) is 2.88. The van der Waals surface area contributed by atoms with Crippen molar-refractivity contribution >= 4 is 23.3 Å². The summed E-state index contributed by atoms with van der Waals surface area (Å²) in [4.78, 5) is 32.4. The number of amides is 1. The second kappa shape index (κ2) is 7.94. The minimum absolute atomic E-state index is 0.114. The first-order chi connectivity index (χ1) is 13.0. The van der Waals surface area contributed by atoms with Gasteiger partial charge in [0.15, 0.2) is 0 Å². The van der Waals surface area contributed by atoms with Gasteiger partial charge in [0.25, 0.3) is 5.78 Å². The normalized spacial score (nSPS) is 10.8. The summed E-state index contributed by atoms with van der Waals surface area (Å²) in [5.41, 5.74) is 3.85. The van der Waals surface area contributed by atoms with Crippen LogP contribution in [0.5, 0.6) is 0 Å². The Bertz CT molecular complexity index is 979. The van der Waals surface area contributed by atoms with Gasteiger partial charge in [-0.1, -0.05) is 0 Å². The van der Waals surface area contributed by atoms with Crippen molar-refractivity contribution in [3.63, 3.8) is 0 Å². The molecule has 0 atom stereocenters. The van der Waals surface area contributed by atoms with E-state index in [1.165, 1.54) is 6.33 Å². The van der Waals surface area contributed by atoms with Gasteiger partial charge in [0.2, 0.25) is 5.91 Å². The number of fused-ring (bicyclic) bond motifs is 1. The number of rotatable bonds is 6. The maximum absolute atomic E-state index is 12.3. The van der Waals surface area contributed by atoms with E-state index in [4.69, 9.17) is 4.74 Å². The molecule has 2 aromatic heterocycles. The number of hydrogen-bond donors (Lipinski definition) is 1. The van der Waals surface area contributed by atoms with Crippen molar-refractivity contribution in [2.75, 3.05) is 11.9 Å². The summed E-state index contributed by atoms with van der Waals surface area (Å²) in [5, 5.41) is 6.99. The highest BCUT2D eigenvalue weighted by atomic mass is 16.5. The molecule has 0 saturated heterocycles. The molecule has 0 aliphatic carbocycles. The Morgan fingerprint density at radius 3 is 2.63 bits per heavy atom. The standard InChI is InChI=1S/C19H21N5O3/c1-4-27-18(26)14-5-7-15(8-6-14)23-17(25)10-9-16-12(2)22-19-20-11-21-24(19)13(16)3/h5-8,11H,4,9-10H2,1-3H3,(H,23,25). The summed E-state index contributed by atoms with van der Waals surface area (Å²) >= 11 is 0. The topological polar surface area (TPSA) is 98.5 Å². The van der Waals surface area contributed by atoms with Gasteiger partial charge in [-0.2, -0.15) is 10.1 Å². The zero-order chi connectivity index (χ0) is 19.4. The summed E-state index contributed by atoms with van der Waals surface area (Å²) in [7, 11) is 0. The molecule has 0 aliphatic rings. The Morgan fingerprint density at radius 1 is 1.19 bits per heavy atom. The molecule has 1 amide bonds. The predicted octanol–water partition coefficient (Wildman–Crippen LogP) is 2.49. The average Bonchev–Trinajstić information content (AvgIpc) is 3.11. The van der Waals surface area contributed by atoms with E-state index in [0.717, 1.165) is 17.0 Å². The van der Waals surface area contributed by atoms with Gasteiger partial charge in [-0.25, -0.2) is 14.3 Å². The molecule has 0 radical (unpaired) electrons. The largest absolute Gasteiger partial charge is 0.462 e. The molecule has 8 nitrogen and oxygen atoms in total. The van der Waals surface area contributed by atoms with E-state index in [9.17, 15) is 9.59 Å². The zero-order valence-electron chi connectivity index (χ0n) is 15.5. The highest BCUT2D eigenvalue weighted by Gasteiger charge is 2.13. The summed E-state index contributed by atoms with van der Waals surface area (Å²) in [6.45, 7) is 5.93. The number of carbonyl (C=O) groups is 2. The van der Waals surface area contributed by atoms with E-state index >= 15 is 0 Å². The molecule has 3 aromatic rings. The van der Waals surface area contributed by atoms with Crippen LogP contribution < -0.4 is 5.32 Å². The second-order valence-electron chi connectivity index (χ2n) is 6.08. The van der Waals surface area contributed by atoms with Crippen LogP contribution in [-0.2, 0) is 16.0 Å². The van der Waals surface area contributed by atoms with Crippen molar-refractivity contribution < 1.29 is 14.3 Å². The third-order valence-corrected chi connectivity index (χ3v) is 4.27. The third-order valence-electron chi connectivity index (χ3n) is 4.27. The second-order valence-corrected chi connectivity index (χ2v) is 6.08. The summed E-state index contributed by atoms with van der Waals surface area (Å²) in [6.07, 6.45) is 2.32. The molecule has 0 spiro atoms. The van der Waals surface area contributed by atoms with Crippen LogP contribution >= 0.6 is 0 Å². The van der Waals surface area contributed by atoms with Crippen LogP contribution in [0.1, 0.15) is 40.7 Å².